The fourth-order valence-electron chi connectivity index (χ4n) is 1.60. The van der Waals surface area contributed by atoms with Gasteiger partial charge in [-0.25, -0.2) is 4.98 Å². The molecule has 0 unspecified atom stereocenters. The predicted octanol–water partition coefficient (Wildman–Crippen LogP) is 1.32. The Kier molecular flexibility index (Phi) is 2.37. The Morgan fingerprint density at radius 3 is 2.86 bits per heavy atom. The van der Waals surface area contributed by atoms with Gasteiger partial charge in [-0.05, 0) is 20.9 Å². The maximum absolute atomic E-state index is 6.04. The van der Waals surface area contributed by atoms with Crippen molar-refractivity contribution >= 4 is 11.3 Å². The number of hydrogen-bond donors (Lipinski definition) is 1. The molecule has 1 aliphatic heterocycles. The Labute approximate surface area is 88.9 Å². The molecule has 0 radical (unpaired) electrons. The highest BCUT2D eigenvalue weighted by Gasteiger charge is 2.24. The topological polar surface area (TPSA) is 42.2 Å². The van der Waals surface area contributed by atoms with Crippen molar-refractivity contribution in [3.63, 3.8) is 0 Å². The lowest BCUT2D eigenvalue weighted by atomic mass is 10.1. The van der Waals surface area contributed by atoms with Crippen molar-refractivity contribution in [2.75, 3.05) is 13.6 Å². The van der Waals surface area contributed by atoms with Gasteiger partial charge in [0, 0.05) is 24.4 Å². The zero-order valence-corrected chi connectivity index (χ0v) is 9.82. The van der Waals surface area contributed by atoms with Crippen LogP contribution in [0.2, 0.25) is 0 Å². The molecule has 0 bridgehead atoms. The molecule has 2 rings (SSSR count). The summed E-state index contributed by atoms with van der Waals surface area (Å²) in [4.78, 5) is 8.35. The van der Waals surface area contributed by atoms with Crippen LogP contribution in [-0.4, -0.2) is 23.5 Å². The van der Waals surface area contributed by atoms with Crippen molar-refractivity contribution in [1.82, 2.24) is 9.88 Å². The number of aromatic nitrogens is 1. The molecule has 0 saturated carbocycles. The van der Waals surface area contributed by atoms with Crippen molar-refractivity contribution in [2.24, 2.45) is 5.73 Å². The molecule has 0 saturated heterocycles. The number of rotatable bonds is 1. The van der Waals surface area contributed by atoms with Crippen LogP contribution in [0.1, 0.15) is 29.4 Å². The number of nitrogens with zero attached hydrogens (tertiary/aromatic N) is 2. The molecule has 1 aliphatic rings. The zero-order valence-electron chi connectivity index (χ0n) is 9.00. The van der Waals surface area contributed by atoms with Gasteiger partial charge >= 0.3 is 0 Å². The first-order valence-corrected chi connectivity index (χ1v) is 5.75. The summed E-state index contributed by atoms with van der Waals surface area (Å²) in [5.41, 5.74) is 7.01. The van der Waals surface area contributed by atoms with E-state index in [1.165, 1.54) is 10.6 Å². The van der Waals surface area contributed by atoms with Crippen LogP contribution in [0, 0.1) is 0 Å². The Hall–Kier alpha value is -0.450. The second-order valence-corrected chi connectivity index (χ2v) is 5.68. The largest absolute Gasteiger partial charge is 0.320 e. The molecular weight excluding hydrogens is 194 g/mol. The molecule has 4 heteroatoms. The number of hydrogen-bond acceptors (Lipinski definition) is 4. The van der Waals surface area contributed by atoms with E-state index in [1.807, 2.05) is 13.8 Å². The lowest BCUT2D eigenvalue weighted by molar-refractivity contribution is 0.314. The highest BCUT2D eigenvalue weighted by molar-refractivity contribution is 7.11. The summed E-state index contributed by atoms with van der Waals surface area (Å²) in [6, 6.07) is 0. The van der Waals surface area contributed by atoms with E-state index < -0.39 is 0 Å². The Morgan fingerprint density at radius 2 is 2.21 bits per heavy atom. The molecule has 78 valence electrons. The fraction of sp³-hybridized carbons (Fsp3) is 0.700. The minimum atomic E-state index is -0.291. The predicted molar refractivity (Wildman–Crippen MR) is 59.4 cm³/mol. The van der Waals surface area contributed by atoms with E-state index in [-0.39, 0.29) is 5.54 Å². The van der Waals surface area contributed by atoms with Crippen LogP contribution in [0.15, 0.2) is 0 Å². The highest BCUT2D eigenvalue weighted by atomic mass is 32.1. The summed E-state index contributed by atoms with van der Waals surface area (Å²) >= 11 is 1.77. The molecule has 0 atom stereocenters. The van der Waals surface area contributed by atoms with Gasteiger partial charge in [-0.15, -0.1) is 11.3 Å². The maximum atomic E-state index is 6.04. The minimum Gasteiger partial charge on any atom is -0.320 e. The van der Waals surface area contributed by atoms with Crippen LogP contribution in [0.5, 0.6) is 0 Å². The molecule has 0 aromatic carbocycles. The van der Waals surface area contributed by atoms with Gasteiger partial charge in [0.15, 0.2) is 0 Å². The molecule has 2 heterocycles. The van der Waals surface area contributed by atoms with Crippen LogP contribution >= 0.6 is 11.3 Å². The lowest BCUT2D eigenvalue weighted by Crippen LogP contribution is -2.28. The van der Waals surface area contributed by atoms with E-state index in [2.05, 4.69) is 16.9 Å². The molecule has 0 aliphatic carbocycles. The average Bonchev–Trinajstić information content (AvgIpc) is 2.45. The van der Waals surface area contributed by atoms with Gasteiger partial charge in [0.2, 0.25) is 0 Å². The van der Waals surface area contributed by atoms with Gasteiger partial charge in [-0.2, -0.15) is 0 Å². The standard InChI is InChI=1S/C10H17N3S/c1-10(2,11)9-12-7-4-5-13(3)6-8(7)14-9/h4-6,11H2,1-3H3. The smallest absolute Gasteiger partial charge is 0.113 e. The monoisotopic (exact) mass is 211 g/mol. The zero-order chi connectivity index (χ0) is 10.3. The van der Waals surface area contributed by atoms with Crippen molar-refractivity contribution in [3.8, 4) is 0 Å². The molecule has 14 heavy (non-hydrogen) atoms. The third-order valence-corrected chi connectivity index (χ3v) is 3.90. The summed E-state index contributed by atoms with van der Waals surface area (Å²) in [6.45, 7) is 6.17. The summed E-state index contributed by atoms with van der Waals surface area (Å²) < 4.78 is 0. The van der Waals surface area contributed by atoms with E-state index in [9.17, 15) is 0 Å². The van der Waals surface area contributed by atoms with Gasteiger partial charge in [-0.3, -0.25) is 0 Å². The maximum Gasteiger partial charge on any atom is 0.113 e. The Balaban J connectivity index is 2.32. The van der Waals surface area contributed by atoms with Crippen molar-refractivity contribution in [3.05, 3.63) is 15.6 Å². The molecule has 1 aromatic heterocycles. The summed E-state index contributed by atoms with van der Waals surface area (Å²) in [6.07, 6.45) is 1.07. The quantitative estimate of drug-likeness (QED) is 0.762. The normalized spacial score (nSPS) is 18.3. The van der Waals surface area contributed by atoms with Gasteiger partial charge in [-0.1, -0.05) is 0 Å². The second-order valence-electron chi connectivity index (χ2n) is 4.60. The van der Waals surface area contributed by atoms with E-state index >= 15 is 0 Å². The summed E-state index contributed by atoms with van der Waals surface area (Å²) in [5, 5.41) is 1.07. The van der Waals surface area contributed by atoms with E-state index in [4.69, 9.17) is 5.73 Å². The van der Waals surface area contributed by atoms with Gasteiger partial charge in [0.25, 0.3) is 0 Å². The summed E-state index contributed by atoms with van der Waals surface area (Å²) in [7, 11) is 2.15. The number of fused-ring (bicyclic) bond motifs is 1. The first kappa shape index (κ1) is 10.1. The second kappa shape index (κ2) is 3.29. The van der Waals surface area contributed by atoms with Crippen molar-refractivity contribution in [2.45, 2.75) is 32.4 Å². The molecular formula is C10H17N3S. The van der Waals surface area contributed by atoms with Crippen LogP contribution < -0.4 is 5.73 Å². The van der Waals surface area contributed by atoms with Crippen LogP contribution in [0.25, 0.3) is 0 Å². The first-order valence-electron chi connectivity index (χ1n) is 4.93. The molecule has 1 aromatic rings. The van der Waals surface area contributed by atoms with Gasteiger partial charge < -0.3 is 10.6 Å². The number of likely N-dealkylation sites (N-methyl/N-ethyl adjacent to an activating group) is 1. The Bertz CT molecular complexity index is 338. The van der Waals surface area contributed by atoms with Crippen molar-refractivity contribution in [1.29, 1.82) is 0 Å². The number of thiazole rings is 1. The van der Waals surface area contributed by atoms with Crippen LogP contribution in [0.4, 0.5) is 0 Å². The van der Waals surface area contributed by atoms with Crippen LogP contribution in [0.3, 0.4) is 0 Å². The van der Waals surface area contributed by atoms with Gasteiger partial charge in [0.1, 0.15) is 5.01 Å². The van der Waals surface area contributed by atoms with Crippen molar-refractivity contribution < 1.29 is 0 Å². The van der Waals surface area contributed by atoms with E-state index in [1.54, 1.807) is 11.3 Å². The summed E-state index contributed by atoms with van der Waals surface area (Å²) in [5.74, 6) is 0. The molecule has 0 amide bonds. The van der Waals surface area contributed by atoms with E-state index in [0.29, 0.717) is 0 Å². The molecule has 0 spiro atoms. The molecule has 2 N–H and O–H groups in total. The molecule has 0 fully saturated rings. The Morgan fingerprint density at radius 1 is 1.50 bits per heavy atom. The number of nitrogens with two attached hydrogens (primary N) is 1. The fourth-order valence-corrected chi connectivity index (χ4v) is 2.80. The average molecular weight is 211 g/mol. The SMILES string of the molecule is CN1CCc2nc(C(C)(C)N)sc2C1. The lowest BCUT2D eigenvalue weighted by Gasteiger charge is -2.20. The van der Waals surface area contributed by atoms with Crippen LogP contribution in [-0.2, 0) is 18.5 Å². The van der Waals surface area contributed by atoms with Gasteiger partial charge in [0.05, 0.1) is 11.2 Å². The van der Waals surface area contributed by atoms with E-state index in [0.717, 1.165) is 24.5 Å². The highest BCUT2D eigenvalue weighted by Crippen LogP contribution is 2.29. The molecule has 3 nitrogen and oxygen atoms in total. The third-order valence-electron chi connectivity index (χ3n) is 2.47. The minimum absolute atomic E-state index is 0.291. The first-order chi connectivity index (χ1) is 6.47. The third kappa shape index (κ3) is 1.82.